The monoisotopic (exact) mass is 282 g/mol. The maximum Gasteiger partial charge on any atom is 0.193 e. The van der Waals surface area contributed by atoms with Crippen molar-refractivity contribution in [3.05, 3.63) is 24.3 Å². The Labute approximate surface area is 120 Å². The predicted molar refractivity (Wildman–Crippen MR) is 85.9 cm³/mol. The number of carbonyl (C=O) groups excluding carboxylic acids is 1. The first kappa shape index (κ1) is 18.3. The molecule has 0 saturated carbocycles. The first-order valence-electron chi connectivity index (χ1n) is 6.96. The highest BCUT2D eigenvalue weighted by molar-refractivity contribution is 6.74. The van der Waals surface area contributed by atoms with E-state index in [0.717, 1.165) is 6.42 Å². The van der Waals surface area contributed by atoms with Crippen molar-refractivity contribution in [3.63, 3.8) is 0 Å². The van der Waals surface area contributed by atoms with Gasteiger partial charge in [0.15, 0.2) is 14.1 Å². The van der Waals surface area contributed by atoms with E-state index < -0.39 is 8.32 Å². The highest BCUT2D eigenvalue weighted by atomic mass is 28.4. The van der Waals surface area contributed by atoms with Crippen molar-refractivity contribution in [1.29, 1.82) is 0 Å². The zero-order valence-corrected chi connectivity index (χ0v) is 14.7. The number of hydrogen-bond acceptors (Lipinski definition) is 2. The lowest BCUT2D eigenvalue weighted by Gasteiger charge is -2.38. The molecular weight excluding hydrogens is 252 g/mol. The minimum Gasteiger partial charge on any atom is -0.407 e. The van der Waals surface area contributed by atoms with Crippen molar-refractivity contribution in [2.75, 3.05) is 0 Å². The standard InChI is InChI=1S/C16H30O2Si/c1-9-10-13(2)11-12-15(14(3)17)18-19(7,8)16(4,5)6/h9,11,15H,1,10,12H2,2-8H3/b13-11-/t15-/m0/s1. The molecule has 0 aliphatic rings. The lowest BCUT2D eigenvalue weighted by atomic mass is 10.1. The number of rotatable bonds is 7. The summed E-state index contributed by atoms with van der Waals surface area (Å²) in [6.07, 6.45) is 5.21. The quantitative estimate of drug-likeness (QED) is 0.491. The smallest absolute Gasteiger partial charge is 0.193 e. The molecule has 0 radical (unpaired) electrons. The Kier molecular flexibility index (Phi) is 6.95. The zero-order valence-electron chi connectivity index (χ0n) is 13.7. The molecule has 0 N–H and O–H groups in total. The molecule has 0 aliphatic heterocycles. The Bertz CT molecular complexity index is 348. The summed E-state index contributed by atoms with van der Waals surface area (Å²) >= 11 is 0. The van der Waals surface area contributed by atoms with Crippen LogP contribution in [0.15, 0.2) is 24.3 Å². The van der Waals surface area contributed by atoms with E-state index in [1.165, 1.54) is 5.57 Å². The zero-order chi connectivity index (χ0) is 15.3. The first-order valence-corrected chi connectivity index (χ1v) is 9.87. The molecule has 0 rings (SSSR count). The lowest BCUT2D eigenvalue weighted by molar-refractivity contribution is -0.124. The van der Waals surface area contributed by atoms with Crippen LogP contribution in [-0.2, 0) is 9.22 Å². The van der Waals surface area contributed by atoms with Crippen molar-refractivity contribution in [1.82, 2.24) is 0 Å². The summed E-state index contributed by atoms with van der Waals surface area (Å²) in [4.78, 5) is 11.8. The normalized spacial score (nSPS) is 15.2. The highest BCUT2D eigenvalue weighted by Crippen LogP contribution is 2.37. The van der Waals surface area contributed by atoms with E-state index >= 15 is 0 Å². The summed E-state index contributed by atoms with van der Waals surface area (Å²) in [5.41, 5.74) is 1.24. The van der Waals surface area contributed by atoms with Crippen LogP contribution >= 0.6 is 0 Å². The summed E-state index contributed by atoms with van der Waals surface area (Å²) in [5, 5.41) is 0.126. The van der Waals surface area contributed by atoms with Gasteiger partial charge in [-0.1, -0.05) is 38.5 Å². The maximum atomic E-state index is 11.8. The minimum absolute atomic E-state index is 0.118. The lowest BCUT2D eigenvalue weighted by Crippen LogP contribution is -2.45. The number of ketones is 1. The molecule has 0 heterocycles. The van der Waals surface area contributed by atoms with Crippen LogP contribution in [0.4, 0.5) is 0 Å². The van der Waals surface area contributed by atoms with Crippen molar-refractivity contribution < 1.29 is 9.22 Å². The van der Waals surface area contributed by atoms with Crippen molar-refractivity contribution >= 4 is 14.1 Å². The largest absolute Gasteiger partial charge is 0.407 e. The van der Waals surface area contributed by atoms with Crippen molar-refractivity contribution in [2.24, 2.45) is 0 Å². The third kappa shape index (κ3) is 6.35. The van der Waals surface area contributed by atoms with E-state index in [1.807, 2.05) is 6.08 Å². The average Bonchev–Trinajstić information content (AvgIpc) is 2.22. The Morgan fingerprint density at radius 1 is 1.32 bits per heavy atom. The molecule has 0 aromatic rings. The van der Waals surface area contributed by atoms with Crippen LogP contribution < -0.4 is 0 Å². The molecule has 0 unspecified atom stereocenters. The average molecular weight is 282 g/mol. The van der Waals surface area contributed by atoms with Crippen LogP contribution in [0.2, 0.25) is 18.1 Å². The van der Waals surface area contributed by atoms with Crippen molar-refractivity contribution in [3.8, 4) is 0 Å². The van der Waals surface area contributed by atoms with Crippen LogP contribution in [0, 0.1) is 0 Å². The summed E-state index contributed by atoms with van der Waals surface area (Å²) in [6.45, 7) is 18.3. The molecule has 2 nitrogen and oxygen atoms in total. The van der Waals surface area contributed by atoms with Gasteiger partial charge in [-0.3, -0.25) is 4.79 Å². The predicted octanol–water partition coefficient (Wildman–Crippen LogP) is 4.88. The van der Waals surface area contributed by atoms with Gasteiger partial charge < -0.3 is 4.43 Å². The summed E-state index contributed by atoms with van der Waals surface area (Å²) in [5.74, 6) is 0.118. The molecular formula is C16H30O2Si. The van der Waals surface area contributed by atoms with Gasteiger partial charge >= 0.3 is 0 Å². The van der Waals surface area contributed by atoms with E-state index in [9.17, 15) is 4.79 Å². The highest BCUT2D eigenvalue weighted by Gasteiger charge is 2.39. The van der Waals surface area contributed by atoms with Gasteiger partial charge in [0.1, 0.15) is 6.10 Å². The minimum atomic E-state index is -1.89. The maximum absolute atomic E-state index is 11.8. The molecule has 0 amide bonds. The molecule has 110 valence electrons. The number of allylic oxidation sites excluding steroid dienone is 2. The summed E-state index contributed by atoms with van der Waals surface area (Å²) in [6, 6.07) is 0. The number of carbonyl (C=O) groups is 1. The molecule has 0 bridgehead atoms. The summed E-state index contributed by atoms with van der Waals surface area (Å²) < 4.78 is 6.21. The molecule has 0 aliphatic carbocycles. The second kappa shape index (κ2) is 7.20. The van der Waals surface area contributed by atoms with Crippen LogP contribution in [0.25, 0.3) is 0 Å². The number of Topliss-reactive ketones (excluding diaryl/α,β-unsaturated/α-hetero) is 1. The third-order valence-electron chi connectivity index (χ3n) is 3.84. The van der Waals surface area contributed by atoms with Gasteiger partial charge in [0.2, 0.25) is 0 Å². The molecule has 3 heteroatoms. The SMILES string of the molecule is C=CC/C(C)=C\C[C@H](O[Si](C)(C)C(C)(C)C)C(C)=O. The van der Waals surface area contributed by atoms with Crippen molar-refractivity contribution in [2.45, 2.75) is 71.7 Å². The Morgan fingerprint density at radius 3 is 2.21 bits per heavy atom. The molecule has 0 saturated heterocycles. The van der Waals surface area contributed by atoms with Gasteiger partial charge in [-0.25, -0.2) is 0 Å². The molecule has 1 atom stereocenters. The van der Waals surface area contributed by atoms with Crippen LogP contribution in [0.5, 0.6) is 0 Å². The third-order valence-corrected chi connectivity index (χ3v) is 8.33. The van der Waals surface area contributed by atoms with Crippen LogP contribution in [0.3, 0.4) is 0 Å². The Balaban J connectivity index is 4.82. The number of hydrogen-bond donors (Lipinski definition) is 0. The van der Waals surface area contributed by atoms with Gasteiger partial charge in [0, 0.05) is 0 Å². The van der Waals surface area contributed by atoms with Gasteiger partial charge in [0.05, 0.1) is 0 Å². The molecule has 19 heavy (non-hydrogen) atoms. The van der Waals surface area contributed by atoms with Gasteiger partial charge in [0.25, 0.3) is 0 Å². The van der Waals surface area contributed by atoms with Gasteiger partial charge in [-0.15, -0.1) is 6.58 Å². The van der Waals surface area contributed by atoms with E-state index in [4.69, 9.17) is 4.43 Å². The molecule has 0 aromatic heterocycles. The fraction of sp³-hybridized carbons (Fsp3) is 0.688. The Hall–Kier alpha value is -0.673. The first-order chi connectivity index (χ1) is 8.51. The van der Waals surface area contributed by atoms with Gasteiger partial charge in [-0.05, 0) is 44.8 Å². The fourth-order valence-electron chi connectivity index (χ4n) is 1.45. The summed E-state index contributed by atoms with van der Waals surface area (Å²) in [7, 11) is -1.89. The Morgan fingerprint density at radius 2 is 1.84 bits per heavy atom. The molecule has 0 aromatic carbocycles. The van der Waals surface area contributed by atoms with Crippen LogP contribution in [-0.4, -0.2) is 20.2 Å². The topological polar surface area (TPSA) is 26.3 Å². The van der Waals surface area contributed by atoms with Crippen LogP contribution in [0.1, 0.15) is 47.5 Å². The van der Waals surface area contributed by atoms with E-state index in [0.29, 0.717) is 6.42 Å². The van der Waals surface area contributed by atoms with E-state index in [2.05, 4.69) is 53.4 Å². The fourth-order valence-corrected chi connectivity index (χ4v) is 2.78. The molecule has 0 spiro atoms. The van der Waals surface area contributed by atoms with Gasteiger partial charge in [-0.2, -0.15) is 0 Å². The van der Waals surface area contributed by atoms with E-state index in [-0.39, 0.29) is 16.9 Å². The van der Waals surface area contributed by atoms with E-state index in [1.54, 1.807) is 6.92 Å². The molecule has 0 fully saturated rings. The second-order valence-electron chi connectivity index (χ2n) is 6.76. The second-order valence-corrected chi connectivity index (χ2v) is 11.5.